The van der Waals surface area contributed by atoms with E-state index in [4.69, 9.17) is 0 Å². The minimum Gasteiger partial charge on any atom is -0.203 e. The first-order valence-electron chi connectivity index (χ1n) is 7.48. The number of pyridine rings is 2. The van der Waals surface area contributed by atoms with E-state index in [1.54, 1.807) is 6.20 Å². The van der Waals surface area contributed by atoms with Crippen molar-refractivity contribution in [3.63, 3.8) is 0 Å². The first-order valence-corrected chi connectivity index (χ1v) is 7.48. The van der Waals surface area contributed by atoms with Gasteiger partial charge in [-0.3, -0.25) is 0 Å². The van der Waals surface area contributed by atoms with Crippen molar-refractivity contribution in [2.75, 3.05) is 0 Å². The van der Waals surface area contributed by atoms with Crippen LogP contribution in [0.5, 0.6) is 0 Å². The highest BCUT2D eigenvalue weighted by molar-refractivity contribution is 5.61. The second-order valence-electron chi connectivity index (χ2n) is 5.28. The number of aryl methyl sites for hydroxylation is 1. The molecule has 0 aliphatic rings. The maximum Gasteiger partial charge on any atom is 0.205 e. The number of nitrogens with zero attached hydrogens (tertiary/aromatic N) is 2. The van der Waals surface area contributed by atoms with Gasteiger partial charge >= 0.3 is 0 Å². The fraction of sp³-hybridized carbons (Fsp3) is 0.158. The molecule has 110 valence electrons. The summed E-state index contributed by atoms with van der Waals surface area (Å²) in [6, 6.07) is 16.0. The van der Waals surface area contributed by atoms with Gasteiger partial charge in [0.05, 0.1) is 0 Å². The molecule has 0 unspecified atom stereocenters. The lowest BCUT2D eigenvalue weighted by Gasteiger charge is -2.02. The van der Waals surface area contributed by atoms with Crippen molar-refractivity contribution in [3.05, 3.63) is 84.7 Å². The van der Waals surface area contributed by atoms with Crippen LogP contribution >= 0.6 is 0 Å². The second kappa shape index (κ2) is 6.48. The lowest BCUT2D eigenvalue weighted by Crippen LogP contribution is -2.33. The number of rotatable bonds is 4. The Morgan fingerprint density at radius 3 is 2.18 bits per heavy atom. The third kappa shape index (κ3) is 3.19. The van der Waals surface area contributed by atoms with E-state index in [0.717, 1.165) is 18.7 Å². The van der Waals surface area contributed by atoms with Crippen LogP contribution in [0.4, 0.5) is 4.39 Å². The molecule has 2 aromatic heterocycles. The Bertz CT molecular complexity index is 752. The van der Waals surface area contributed by atoms with Gasteiger partial charge in [0, 0.05) is 29.3 Å². The number of halogens is 1. The summed E-state index contributed by atoms with van der Waals surface area (Å²) in [7, 11) is 0. The molecular weight excluding hydrogens is 275 g/mol. The molecule has 0 fully saturated rings. The van der Waals surface area contributed by atoms with Crippen molar-refractivity contribution in [3.8, 4) is 11.1 Å². The summed E-state index contributed by atoms with van der Waals surface area (Å²) < 4.78 is 18.1. The Kier molecular flexibility index (Phi) is 4.24. The molecule has 0 atom stereocenters. The van der Waals surface area contributed by atoms with E-state index in [2.05, 4.69) is 16.7 Å². The van der Waals surface area contributed by atoms with Crippen LogP contribution in [0.15, 0.2) is 73.3 Å². The average molecular weight is 294 g/mol. The van der Waals surface area contributed by atoms with Crippen molar-refractivity contribution in [1.29, 1.82) is 0 Å². The summed E-state index contributed by atoms with van der Waals surface area (Å²) >= 11 is 0. The van der Waals surface area contributed by atoms with Crippen molar-refractivity contribution in [2.24, 2.45) is 0 Å². The molecule has 22 heavy (non-hydrogen) atoms. The Hall–Kier alpha value is -2.55. The summed E-state index contributed by atoms with van der Waals surface area (Å²) in [5.41, 5.74) is 2.77. The minimum absolute atomic E-state index is 0.190. The molecule has 2 nitrogen and oxygen atoms in total. The molecule has 0 N–H and O–H groups in total. The first kappa shape index (κ1) is 14.4. The number of benzene rings is 1. The van der Waals surface area contributed by atoms with Crippen molar-refractivity contribution in [2.45, 2.75) is 20.0 Å². The van der Waals surface area contributed by atoms with E-state index in [1.165, 1.54) is 5.56 Å². The molecule has 3 rings (SSSR count). The van der Waals surface area contributed by atoms with Crippen molar-refractivity contribution in [1.82, 2.24) is 0 Å². The lowest BCUT2D eigenvalue weighted by atomic mass is 10.1. The third-order valence-corrected chi connectivity index (χ3v) is 3.74. The van der Waals surface area contributed by atoms with Crippen LogP contribution in [-0.4, -0.2) is 0 Å². The molecule has 0 spiro atoms. The molecule has 2 heterocycles. The van der Waals surface area contributed by atoms with Crippen molar-refractivity contribution < 1.29 is 13.5 Å². The second-order valence-corrected chi connectivity index (χ2v) is 5.28. The first-order chi connectivity index (χ1) is 10.8. The average Bonchev–Trinajstić information content (AvgIpc) is 2.56. The van der Waals surface area contributed by atoms with E-state index >= 15 is 0 Å². The standard InChI is InChI=1S/C19H19FN2/c1-2-21-13-10-18(19(20)15-21)17-8-11-22(12-9-17)14-16-6-4-3-5-7-16/h3-13,15H,2,14H2,1H3/q+2. The molecule has 3 heteroatoms. The van der Waals surface area contributed by atoms with Crippen LogP contribution in [0.25, 0.3) is 11.1 Å². The SMILES string of the molecule is CC[n+]1ccc(-c2cc[n+](Cc3ccccc3)cc2)c(F)c1. The zero-order chi connectivity index (χ0) is 15.4. The Morgan fingerprint density at radius 2 is 1.55 bits per heavy atom. The smallest absolute Gasteiger partial charge is 0.203 e. The predicted octanol–water partition coefficient (Wildman–Crippen LogP) is 3.14. The van der Waals surface area contributed by atoms with Crippen LogP contribution in [0.3, 0.4) is 0 Å². The van der Waals surface area contributed by atoms with E-state index in [-0.39, 0.29) is 5.82 Å². The van der Waals surface area contributed by atoms with Crippen molar-refractivity contribution >= 4 is 0 Å². The van der Waals surface area contributed by atoms with Crippen LogP contribution in [-0.2, 0) is 13.1 Å². The van der Waals surface area contributed by atoms with Gasteiger partial charge in [0.1, 0.15) is 6.54 Å². The summed E-state index contributed by atoms with van der Waals surface area (Å²) in [4.78, 5) is 0. The van der Waals surface area contributed by atoms with Gasteiger partial charge in [-0.05, 0) is 12.5 Å². The maximum absolute atomic E-state index is 14.1. The minimum atomic E-state index is -0.190. The number of aromatic nitrogens is 2. The molecule has 0 bridgehead atoms. The number of hydrogen-bond donors (Lipinski definition) is 0. The Morgan fingerprint density at radius 1 is 0.864 bits per heavy atom. The lowest BCUT2D eigenvalue weighted by molar-refractivity contribution is -0.694. The van der Waals surface area contributed by atoms with Crippen LogP contribution in [0, 0.1) is 5.82 Å². The molecule has 0 radical (unpaired) electrons. The summed E-state index contributed by atoms with van der Waals surface area (Å²) in [5, 5.41) is 0. The van der Waals surface area contributed by atoms with Gasteiger partial charge in [-0.25, -0.2) is 9.13 Å². The summed E-state index contributed by atoms with van der Waals surface area (Å²) in [6.07, 6.45) is 7.43. The molecular formula is C19H19FN2+2. The van der Waals surface area contributed by atoms with Crippen LogP contribution in [0.1, 0.15) is 12.5 Å². The summed E-state index contributed by atoms with van der Waals surface area (Å²) in [5.74, 6) is -0.190. The molecule has 0 saturated carbocycles. The molecule has 1 aromatic carbocycles. The highest BCUT2D eigenvalue weighted by Crippen LogP contribution is 2.19. The zero-order valence-corrected chi connectivity index (χ0v) is 12.6. The number of hydrogen-bond acceptors (Lipinski definition) is 0. The Labute approximate surface area is 130 Å². The van der Waals surface area contributed by atoms with Gasteiger partial charge in [0.2, 0.25) is 6.20 Å². The largest absolute Gasteiger partial charge is 0.205 e. The van der Waals surface area contributed by atoms with Gasteiger partial charge in [0.15, 0.2) is 31.0 Å². The van der Waals surface area contributed by atoms with Gasteiger partial charge in [-0.1, -0.05) is 30.3 Å². The fourth-order valence-corrected chi connectivity index (χ4v) is 2.48. The van der Waals surface area contributed by atoms with E-state index < -0.39 is 0 Å². The molecule has 0 amide bonds. The van der Waals surface area contributed by atoms with Gasteiger partial charge in [-0.2, -0.15) is 4.39 Å². The van der Waals surface area contributed by atoms with Gasteiger partial charge in [0.25, 0.3) is 0 Å². The predicted molar refractivity (Wildman–Crippen MR) is 83.4 cm³/mol. The highest BCUT2D eigenvalue weighted by atomic mass is 19.1. The maximum atomic E-state index is 14.1. The fourth-order valence-electron chi connectivity index (χ4n) is 2.48. The van der Waals surface area contributed by atoms with Gasteiger partial charge < -0.3 is 0 Å². The zero-order valence-electron chi connectivity index (χ0n) is 12.6. The van der Waals surface area contributed by atoms with Crippen LogP contribution in [0.2, 0.25) is 0 Å². The third-order valence-electron chi connectivity index (χ3n) is 3.74. The van der Waals surface area contributed by atoms with E-state index in [9.17, 15) is 4.39 Å². The quantitative estimate of drug-likeness (QED) is 0.653. The highest BCUT2D eigenvalue weighted by Gasteiger charge is 2.11. The molecule has 3 aromatic rings. The topological polar surface area (TPSA) is 7.76 Å². The van der Waals surface area contributed by atoms with Crippen LogP contribution < -0.4 is 9.13 Å². The van der Waals surface area contributed by atoms with E-state index in [0.29, 0.717) is 5.56 Å². The normalized spacial score (nSPS) is 10.6. The monoisotopic (exact) mass is 294 g/mol. The molecule has 0 aliphatic carbocycles. The van der Waals surface area contributed by atoms with Gasteiger partial charge in [-0.15, -0.1) is 0 Å². The Balaban J connectivity index is 1.82. The molecule has 0 saturated heterocycles. The van der Waals surface area contributed by atoms with E-state index in [1.807, 2.05) is 66.5 Å². The summed E-state index contributed by atoms with van der Waals surface area (Å²) in [6.45, 7) is 3.57. The molecule has 0 aliphatic heterocycles.